The molecular weight excluding hydrogens is 357 g/mol. The van der Waals surface area contributed by atoms with Gasteiger partial charge in [-0.25, -0.2) is 0 Å². The van der Waals surface area contributed by atoms with E-state index in [0.29, 0.717) is 0 Å². The van der Waals surface area contributed by atoms with Crippen molar-refractivity contribution in [3.05, 3.63) is 83.4 Å². The lowest BCUT2D eigenvalue weighted by molar-refractivity contribution is -0.137. The van der Waals surface area contributed by atoms with Crippen molar-refractivity contribution in [2.75, 3.05) is 0 Å². The average Bonchev–Trinajstić information content (AvgIpc) is 2.72. The molecule has 3 heteroatoms. The molecule has 4 aromatic rings. The van der Waals surface area contributed by atoms with Crippen LogP contribution in [0.25, 0.3) is 32.7 Å². The molecule has 0 bridgehead atoms. The predicted molar refractivity (Wildman–Crippen MR) is 109 cm³/mol. The van der Waals surface area contributed by atoms with Gasteiger partial charge in [0.1, 0.15) is 0 Å². The fraction of sp³-hybridized carbons (Fsp3) is 0.200. The zero-order valence-electron chi connectivity index (χ0n) is 15.3. The lowest BCUT2D eigenvalue weighted by Gasteiger charge is -2.20. The molecular formula is C25H19F3. The van der Waals surface area contributed by atoms with Crippen LogP contribution < -0.4 is 0 Å². The van der Waals surface area contributed by atoms with Crippen molar-refractivity contribution in [3.63, 3.8) is 0 Å². The minimum absolute atomic E-state index is 0.612. The molecule has 0 radical (unpaired) electrons. The van der Waals surface area contributed by atoms with Crippen LogP contribution in [0.15, 0.2) is 66.7 Å². The Kier molecular flexibility index (Phi) is 3.94. The molecule has 0 heterocycles. The number of aryl methyl sites for hydroxylation is 2. The van der Waals surface area contributed by atoms with Gasteiger partial charge in [0.05, 0.1) is 5.56 Å². The van der Waals surface area contributed by atoms with Crippen molar-refractivity contribution in [2.45, 2.75) is 31.9 Å². The number of fused-ring (bicyclic) bond motifs is 5. The van der Waals surface area contributed by atoms with Crippen LogP contribution in [-0.2, 0) is 19.0 Å². The van der Waals surface area contributed by atoms with E-state index < -0.39 is 11.7 Å². The molecule has 1 aliphatic rings. The van der Waals surface area contributed by atoms with Crippen LogP contribution in [0.4, 0.5) is 13.2 Å². The normalized spacial score (nSPS) is 14.4. The predicted octanol–water partition coefficient (Wildman–Crippen LogP) is 7.56. The van der Waals surface area contributed by atoms with Crippen LogP contribution in [0.5, 0.6) is 0 Å². The quantitative estimate of drug-likeness (QED) is 0.301. The Morgan fingerprint density at radius 1 is 0.643 bits per heavy atom. The summed E-state index contributed by atoms with van der Waals surface area (Å²) in [6.45, 7) is 0. The summed E-state index contributed by atoms with van der Waals surface area (Å²) >= 11 is 0. The molecule has 0 unspecified atom stereocenters. The first-order chi connectivity index (χ1) is 13.5. The number of halogens is 3. The third-order valence-corrected chi connectivity index (χ3v) is 5.90. The van der Waals surface area contributed by atoms with Crippen LogP contribution in [0, 0.1) is 0 Å². The summed E-state index contributed by atoms with van der Waals surface area (Å²) in [7, 11) is 0. The van der Waals surface area contributed by atoms with Gasteiger partial charge in [0.2, 0.25) is 0 Å². The van der Waals surface area contributed by atoms with Gasteiger partial charge in [0.25, 0.3) is 0 Å². The standard InChI is InChI=1S/C25H19F3/c26-25(27,28)18-12-9-17(10-13-18)23-15-24-19-6-2-1-5-16(19)11-14-22(24)20-7-3-4-8-21(20)23/h3-4,7-15H,1-2,5-6H2. The van der Waals surface area contributed by atoms with E-state index in [2.05, 4.69) is 30.3 Å². The highest BCUT2D eigenvalue weighted by molar-refractivity contribution is 6.14. The summed E-state index contributed by atoms with van der Waals surface area (Å²) in [6, 6.07) is 20.4. The van der Waals surface area contributed by atoms with E-state index in [0.717, 1.165) is 34.7 Å². The summed E-state index contributed by atoms with van der Waals surface area (Å²) in [6.07, 6.45) is 0.265. The first-order valence-corrected chi connectivity index (χ1v) is 9.66. The first kappa shape index (κ1) is 17.3. The van der Waals surface area contributed by atoms with Crippen molar-refractivity contribution < 1.29 is 13.2 Å². The number of hydrogen-bond acceptors (Lipinski definition) is 0. The first-order valence-electron chi connectivity index (χ1n) is 9.66. The maximum atomic E-state index is 13.0. The second-order valence-corrected chi connectivity index (χ2v) is 7.55. The molecule has 0 fully saturated rings. The van der Waals surface area contributed by atoms with Crippen LogP contribution in [0.2, 0.25) is 0 Å². The van der Waals surface area contributed by atoms with Gasteiger partial charge in [-0.05, 0) is 87.7 Å². The maximum Gasteiger partial charge on any atom is 0.416 e. The molecule has 0 saturated heterocycles. The Labute approximate surface area is 161 Å². The molecule has 0 aromatic heterocycles. The molecule has 0 aliphatic heterocycles. The molecule has 5 rings (SSSR count). The Morgan fingerprint density at radius 3 is 2.07 bits per heavy atom. The summed E-state index contributed by atoms with van der Waals surface area (Å²) in [4.78, 5) is 0. The molecule has 140 valence electrons. The van der Waals surface area contributed by atoms with E-state index in [4.69, 9.17) is 0 Å². The van der Waals surface area contributed by atoms with E-state index in [1.807, 2.05) is 12.1 Å². The number of alkyl halides is 3. The van der Waals surface area contributed by atoms with E-state index >= 15 is 0 Å². The molecule has 0 atom stereocenters. The molecule has 0 nitrogen and oxygen atoms in total. The second kappa shape index (κ2) is 6.37. The minimum Gasteiger partial charge on any atom is -0.166 e. The van der Waals surface area contributed by atoms with Gasteiger partial charge in [0, 0.05) is 0 Å². The molecule has 0 saturated carbocycles. The Morgan fingerprint density at radius 2 is 1.32 bits per heavy atom. The zero-order chi connectivity index (χ0) is 19.3. The monoisotopic (exact) mass is 376 g/mol. The molecule has 0 spiro atoms. The van der Waals surface area contributed by atoms with Gasteiger partial charge in [-0.3, -0.25) is 0 Å². The molecule has 28 heavy (non-hydrogen) atoms. The fourth-order valence-corrected chi connectivity index (χ4v) is 4.51. The lowest BCUT2D eigenvalue weighted by atomic mass is 9.84. The zero-order valence-corrected chi connectivity index (χ0v) is 15.3. The van der Waals surface area contributed by atoms with E-state index in [1.54, 1.807) is 12.1 Å². The molecule has 0 amide bonds. The van der Waals surface area contributed by atoms with Gasteiger partial charge in [-0.2, -0.15) is 13.2 Å². The van der Waals surface area contributed by atoms with Crippen molar-refractivity contribution in [3.8, 4) is 11.1 Å². The van der Waals surface area contributed by atoms with Crippen molar-refractivity contribution in [1.82, 2.24) is 0 Å². The SMILES string of the molecule is FC(F)(F)c1ccc(-c2cc3c4c(ccc3c3ccccc23)CCCC4)cc1. The van der Waals surface area contributed by atoms with E-state index in [9.17, 15) is 13.2 Å². The average molecular weight is 376 g/mol. The minimum atomic E-state index is -4.32. The third kappa shape index (κ3) is 2.77. The highest BCUT2D eigenvalue weighted by Gasteiger charge is 2.30. The van der Waals surface area contributed by atoms with Crippen molar-refractivity contribution >= 4 is 21.5 Å². The van der Waals surface area contributed by atoms with Gasteiger partial charge in [-0.15, -0.1) is 0 Å². The lowest BCUT2D eigenvalue weighted by Crippen LogP contribution is -2.04. The molecule has 4 aromatic carbocycles. The second-order valence-electron chi connectivity index (χ2n) is 7.55. The summed E-state index contributed by atoms with van der Waals surface area (Å²) in [5, 5.41) is 4.70. The maximum absolute atomic E-state index is 13.0. The highest BCUT2D eigenvalue weighted by atomic mass is 19.4. The van der Waals surface area contributed by atoms with Gasteiger partial charge in [0.15, 0.2) is 0 Å². The van der Waals surface area contributed by atoms with Crippen molar-refractivity contribution in [1.29, 1.82) is 0 Å². The summed E-state index contributed by atoms with van der Waals surface area (Å²) in [5.41, 5.74) is 4.02. The summed E-state index contributed by atoms with van der Waals surface area (Å²) in [5.74, 6) is 0. The fourth-order valence-electron chi connectivity index (χ4n) is 4.51. The van der Waals surface area contributed by atoms with E-state index in [1.165, 1.54) is 46.9 Å². The summed E-state index contributed by atoms with van der Waals surface area (Å²) < 4.78 is 38.9. The van der Waals surface area contributed by atoms with Crippen molar-refractivity contribution in [2.24, 2.45) is 0 Å². The Balaban J connectivity index is 1.80. The van der Waals surface area contributed by atoms with Gasteiger partial charge >= 0.3 is 6.18 Å². The van der Waals surface area contributed by atoms with Crippen LogP contribution in [0.3, 0.4) is 0 Å². The van der Waals surface area contributed by atoms with Crippen LogP contribution in [0.1, 0.15) is 29.5 Å². The number of benzene rings is 4. The third-order valence-electron chi connectivity index (χ3n) is 5.90. The molecule has 0 N–H and O–H groups in total. The van der Waals surface area contributed by atoms with Crippen LogP contribution >= 0.6 is 0 Å². The largest absolute Gasteiger partial charge is 0.416 e. The molecule has 1 aliphatic carbocycles. The van der Waals surface area contributed by atoms with Gasteiger partial charge < -0.3 is 0 Å². The van der Waals surface area contributed by atoms with Crippen LogP contribution in [-0.4, -0.2) is 0 Å². The Bertz CT molecular complexity index is 1180. The smallest absolute Gasteiger partial charge is 0.166 e. The number of hydrogen-bond donors (Lipinski definition) is 0. The topological polar surface area (TPSA) is 0 Å². The number of rotatable bonds is 1. The van der Waals surface area contributed by atoms with Gasteiger partial charge in [-0.1, -0.05) is 48.5 Å². The van der Waals surface area contributed by atoms with E-state index in [-0.39, 0.29) is 0 Å². The Hall–Kier alpha value is -2.81. The highest BCUT2D eigenvalue weighted by Crippen LogP contribution is 2.39.